The molecule has 0 saturated carbocycles. The summed E-state index contributed by atoms with van der Waals surface area (Å²) in [5, 5.41) is 16.1. The third-order valence-corrected chi connectivity index (χ3v) is 4.17. The van der Waals surface area contributed by atoms with Gasteiger partial charge in [-0.05, 0) is 30.8 Å². The fourth-order valence-corrected chi connectivity index (χ4v) is 2.68. The van der Waals surface area contributed by atoms with E-state index in [0.717, 1.165) is 5.56 Å². The van der Waals surface area contributed by atoms with Crippen LogP contribution in [0, 0.1) is 17.0 Å². The fourth-order valence-electron chi connectivity index (χ4n) is 2.45. The summed E-state index contributed by atoms with van der Waals surface area (Å²) in [5.74, 6) is -0.923. The van der Waals surface area contributed by atoms with Gasteiger partial charge in [0.25, 0.3) is 5.69 Å². The number of nitrogens with one attached hydrogen (secondary N) is 2. The van der Waals surface area contributed by atoms with Gasteiger partial charge in [0.05, 0.1) is 18.0 Å². The summed E-state index contributed by atoms with van der Waals surface area (Å²) in [4.78, 5) is 34.1. The second-order valence-corrected chi connectivity index (χ2v) is 6.62. The van der Waals surface area contributed by atoms with Crippen LogP contribution in [0.5, 0.6) is 0 Å². The highest BCUT2D eigenvalue weighted by molar-refractivity contribution is 7.80. The summed E-state index contributed by atoms with van der Waals surface area (Å²) in [7, 11) is 0. The molecule has 0 aliphatic rings. The first-order valence-electron chi connectivity index (χ1n) is 8.90. The number of rotatable bonds is 8. The zero-order valence-corrected chi connectivity index (χ0v) is 16.7. The van der Waals surface area contributed by atoms with Crippen LogP contribution < -0.4 is 10.6 Å². The topological polar surface area (TPSA) is 111 Å². The van der Waals surface area contributed by atoms with Crippen molar-refractivity contribution in [3.8, 4) is 0 Å². The largest absolute Gasteiger partial charge is 0.465 e. The van der Waals surface area contributed by atoms with Crippen LogP contribution in [0.1, 0.15) is 24.0 Å². The number of benzene rings is 2. The molecular weight excluding hydrogens is 394 g/mol. The molecule has 2 N–H and O–H groups in total. The summed E-state index contributed by atoms with van der Waals surface area (Å²) in [6.45, 7) is 1.87. The van der Waals surface area contributed by atoms with Gasteiger partial charge in [0, 0.05) is 30.2 Å². The Kier molecular flexibility index (Phi) is 8.23. The monoisotopic (exact) mass is 415 g/mol. The van der Waals surface area contributed by atoms with Crippen LogP contribution in [-0.2, 0) is 20.7 Å². The summed E-state index contributed by atoms with van der Waals surface area (Å²) < 4.78 is 5.11. The molecule has 0 aliphatic carbocycles. The van der Waals surface area contributed by atoms with Gasteiger partial charge in [-0.1, -0.05) is 36.4 Å². The number of esters is 1. The van der Waals surface area contributed by atoms with E-state index in [2.05, 4.69) is 10.6 Å². The van der Waals surface area contributed by atoms with Crippen molar-refractivity contribution in [3.05, 3.63) is 69.8 Å². The summed E-state index contributed by atoms with van der Waals surface area (Å²) >= 11 is 5.03. The Bertz CT molecular complexity index is 902. The van der Waals surface area contributed by atoms with Crippen LogP contribution in [0.25, 0.3) is 0 Å². The van der Waals surface area contributed by atoms with Crippen LogP contribution in [0.4, 0.5) is 11.4 Å². The molecule has 8 nitrogen and oxygen atoms in total. The molecule has 2 rings (SSSR count). The van der Waals surface area contributed by atoms with Gasteiger partial charge in [0.15, 0.2) is 5.11 Å². The van der Waals surface area contributed by atoms with E-state index < -0.39 is 16.8 Å². The maximum atomic E-state index is 11.9. The molecule has 29 heavy (non-hydrogen) atoms. The predicted molar refractivity (Wildman–Crippen MR) is 113 cm³/mol. The molecule has 0 bridgehead atoms. The smallest absolute Gasteiger partial charge is 0.306 e. The zero-order chi connectivity index (χ0) is 21.2. The average Bonchev–Trinajstić information content (AvgIpc) is 2.68. The SMILES string of the molecule is Cc1ccc(NC(=S)NC(=O)CCC(=O)OCCc2ccccc2)cc1[N+](=O)[O-]. The maximum absolute atomic E-state index is 11.9. The highest BCUT2D eigenvalue weighted by Gasteiger charge is 2.13. The first-order valence-corrected chi connectivity index (χ1v) is 9.31. The molecule has 9 heteroatoms. The molecule has 0 atom stereocenters. The van der Waals surface area contributed by atoms with Gasteiger partial charge in [-0.3, -0.25) is 19.7 Å². The fraction of sp³-hybridized carbons (Fsp3) is 0.250. The van der Waals surface area contributed by atoms with E-state index in [9.17, 15) is 19.7 Å². The molecule has 2 aromatic carbocycles. The van der Waals surface area contributed by atoms with Crippen LogP contribution >= 0.6 is 12.2 Å². The Balaban J connectivity index is 1.70. The molecule has 152 valence electrons. The lowest BCUT2D eigenvalue weighted by molar-refractivity contribution is -0.385. The number of thiocarbonyl (C=S) groups is 1. The molecule has 0 unspecified atom stereocenters. The number of nitro groups is 1. The van der Waals surface area contributed by atoms with Gasteiger partial charge in [0.2, 0.25) is 5.91 Å². The van der Waals surface area contributed by atoms with Gasteiger partial charge in [-0.25, -0.2) is 0 Å². The second-order valence-electron chi connectivity index (χ2n) is 6.22. The Hall–Kier alpha value is -3.33. The molecule has 0 heterocycles. The number of ether oxygens (including phenoxy) is 1. The second kappa shape index (κ2) is 10.9. The molecule has 0 radical (unpaired) electrons. The standard InChI is InChI=1S/C20H21N3O5S/c1-14-7-8-16(13-17(14)23(26)27)21-20(29)22-18(24)9-10-19(25)28-12-11-15-5-3-2-4-6-15/h2-8,13H,9-12H2,1H3,(H2,21,22,24,29). The van der Waals surface area contributed by atoms with Gasteiger partial charge in [0.1, 0.15) is 0 Å². The van der Waals surface area contributed by atoms with E-state index >= 15 is 0 Å². The Labute approximate surface area is 173 Å². The number of carbonyl (C=O) groups excluding carboxylic acids is 2. The Morgan fingerprint density at radius 2 is 1.86 bits per heavy atom. The third-order valence-electron chi connectivity index (χ3n) is 3.97. The molecule has 0 aromatic heterocycles. The first-order chi connectivity index (χ1) is 13.8. The number of amides is 1. The van der Waals surface area contributed by atoms with Crippen molar-refractivity contribution in [1.29, 1.82) is 0 Å². The van der Waals surface area contributed by atoms with Crippen LogP contribution in [-0.4, -0.2) is 28.5 Å². The number of nitro benzene ring substituents is 1. The van der Waals surface area contributed by atoms with E-state index in [1.54, 1.807) is 19.1 Å². The minimum atomic E-state index is -0.494. The Morgan fingerprint density at radius 3 is 2.55 bits per heavy atom. The van der Waals surface area contributed by atoms with E-state index in [4.69, 9.17) is 17.0 Å². The van der Waals surface area contributed by atoms with Gasteiger partial charge in [-0.2, -0.15) is 0 Å². The average molecular weight is 415 g/mol. The molecule has 1 amide bonds. The number of nitrogens with zero attached hydrogens (tertiary/aromatic N) is 1. The van der Waals surface area contributed by atoms with Crippen molar-refractivity contribution in [2.75, 3.05) is 11.9 Å². The molecule has 2 aromatic rings. The summed E-state index contributed by atoms with van der Waals surface area (Å²) in [6.07, 6.45) is 0.453. The van der Waals surface area contributed by atoms with E-state index in [1.807, 2.05) is 30.3 Å². The zero-order valence-electron chi connectivity index (χ0n) is 15.8. The van der Waals surface area contributed by atoms with Crippen molar-refractivity contribution < 1.29 is 19.2 Å². The van der Waals surface area contributed by atoms with Gasteiger partial charge in [-0.15, -0.1) is 0 Å². The van der Waals surface area contributed by atoms with Crippen molar-refractivity contribution >= 4 is 40.6 Å². The number of aryl methyl sites for hydroxylation is 1. The summed E-state index contributed by atoms with van der Waals surface area (Å²) in [5.41, 5.74) is 1.90. The van der Waals surface area contributed by atoms with Gasteiger partial charge < -0.3 is 15.4 Å². The molecule has 0 aliphatic heterocycles. The Morgan fingerprint density at radius 1 is 1.14 bits per heavy atom. The van der Waals surface area contributed by atoms with E-state index in [0.29, 0.717) is 17.7 Å². The minimum absolute atomic E-state index is 0.00871. The molecule has 0 saturated heterocycles. The van der Waals surface area contributed by atoms with E-state index in [1.165, 1.54) is 6.07 Å². The van der Waals surface area contributed by atoms with Crippen molar-refractivity contribution in [2.24, 2.45) is 0 Å². The van der Waals surface area contributed by atoms with Gasteiger partial charge >= 0.3 is 5.97 Å². The third kappa shape index (κ3) is 7.67. The number of anilines is 1. The first kappa shape index (κ1) is 22.0. The molecular formula is C20H21N3O5S. The van der Waals surface area contributed by atoms with Crippen molar-refractivity contribution in [3.63, 3.8) is 0 Å². The summed E-state index contributed by atoms with van der Waals surface area (Å²) in [6, 6.07) is 14.1. The van der Waals surface area contributed by atoms with Crippen LogP contribution in [0.3, 0.4) is 0 Å². The highest BCUT2D eigenvalue weighted by atomic mass is 32.1. The highest BCUT2D eigenvalue weighted by Crippen LogP contribution is 2.22. The number of carbonyl (C=O) groups is 2. The predicted octanol–water partition coefficient (Wildman–Crippen LogP) is 3.28. The van der Waals surface area contributed by atoms with Crippen LogP contribution in [0.2, 0.25) is 0 Å². The van der Waals surface area contributed by atoms with Crippen molar-refractivity contribution in [2.45, 2.75) is 26.2 Å². The number of hydrogen-bond donors (Lipinski definition) is 2. The molecule has 0 spiro atoms. The number of hydrogen-bond acceptors (Lipinski definition) is 6. The van der Waals surface area contributed by atoms with E-state index in [-0.39, 0.29) is 30.2 Å². The maximum Gasteiger partial charge on any atom is 0.306 e. The van der Waals surface area contributed by atoms with Crippen LogP contribution in [0.15, 0.2) is 48.5 Å². The molecule has 0 fully saturated rings. The van der Waals surface area contributed by atoms with Crippen molar-refractivity contribution in [1.82, 2.24) is 5.32 Å². The minimum Gasteiger partial charge on any atom is -0.465 e. The quantitative estimate of drug-likeness (QED) is 0.295. The normalized spacial score (nSPS) is 10.1. The lowest BCUT2D eigenvalue weighted by Gasteiger charge is -2.10. The lowest BCUT2D eigenvalue weighted by atomic mass is 10.2. The lowest BCUT2D eigenvalue weighted by Crippen LogP contribution is -2.34.